The molecule has 0 fully saturated rings. The fourth-order valence-electron chi connectivity index (χ4n) is 0.472. The summed E-state index contributed by atoms with van der Waals surface area (Å²) < 4.78 is 0. The van der Waals surface area contributed by atoms with Crippen LogP contribution in [0.4, 0.5) is 0 Å². The topological polar surface area (TPSA) is 12.4 Å². The van der Waals surface area contributed by atoms with Crippen molar-refractivity contribution in [2.45, 2.75) is 13.3 Å². The molecular weight excluding hydrogens is 110 g/mol. The van der Waals surface area contributed by atoms with Gasteiger partial charge in [-0.2, -0.15) is 0 Å². The van der Waals surface area contributed by atoms with Crippen molar-refractivity contribution < 1.29 is 0 Å². The molecule has 0 bridgehead atoms. The smallest absolute Gasteiger partial charge is 0.0561 e. The van der Waals surface area contributed by atoms with E-state index < -0.39 is 0 Å². The molecule has 0 radical (unpaired) electrons. The number of hydrogen-bond donors (Lipinski definition) is 0. The van der Waals surface area contributed by atoms with Crippen LogP contribution < -0.4 is 0 Å². The lowest BCUT2D eigenvalue weighted by Gasteiger charge is -1.85. The predicted molar refractivity (Wildman–Crippen MR) is 43.0 cm³/mol. The summed E-state index contributed by atoms with van der Waals surface area (Å²) in [5.41, 5.74) is 0.942. The molecule has 1 nitrogen and oxygen atoms in total. The Hall–Kier alpha value is -0.850. The van der Waals surface area contributed by atoms with Gasteiger partial charge in [0.2, 0.25) is 0 Å². The Bertz CT molecular complexity index is 132. The molecule has 0 unspecified atom stereocenters. The third-order valence-corrected chi connectivity index (χ3v) is 0.992. The van der Waals surface area contributed by atoms with E-state index in [1.807, 2.05) is 6.08 Å². The molecule has 50 valence electrons. The standard InChI is InChI=1S/C8H13N/c1-4-6-7-8(5-2)9-3/h5-7H,2,4H2,1,3H3/b7-6-,9-8?. The van der Waals surface area contributed by atoms with Crippen molar-refractivity contribution in [1.82, 2.24) is 0 Å². The summed E-state index contributed by atoms with van der Waals surface area (Å²) in [5.74, 6) is 0. The first-order valence-corrected chi connectivity index (χ1v) is 3.11. The molecule has 0 saturated heterocycles. The molecule has 0 aliphatic rings. The zero-order chi connectivity index (χ0) is 7.11. The summed E-state index contributed by atoms with van der Waals surface area (Å²) in [6, 6.07) is 0. The SMILES string of the molecule is C=CC(/C=C\CC)=NC. The highest BCUT2D eigenvalue weighted by atomic mass is 14.7. The second kappa shape index (κ2) is 5.29. The molecule has 0 N–H and O–H groups in total. The summed E-state index contributed by atoms with van der Waals surface area (Å²) >= 11 is 0. The molecule has 0 saturated carbocycles. The van der Waals surface area contributed by atoms with Gasteiger partial charge in [0.25, 0.3) is 0 Å². The summed E-state index contributed by atoms with van der Waals surface area (Å²) in [4.78, 5) is 3.96. The number of allylic oxidation sites excluding steroid dienone is 3. The van der Waals surface area contributed by atoms with Gasteiger partial charge in [0, 0.05) is 7.05 Å². The van der Waals surface area contributed by atoms with E-state index in [1.54, 1.807) is 13.1 Å². The van der Waals surface area contributed by atoms with E-state index in [-0.39, 0.29) is 0 Å². The molecule has 0 aliphatic heterocycles. The van der Waals surface area contributed by atoms with Crippen LogP contribution in [0.5, 0.6) is 0 Å². The summed E-state index contributed by atoms with van der Waals surface area (Å²) in [7, 11) is 1.76. The van der Waals surface area contributed by atoms with E-state index in [0.717, 1.165) is 12.1 Å². The lowest BCUT2D eigenvalue weighted by molar-refractivity contribution is 1.23. The van der Waals surface area contributed by atoms with E-state index in [4.69, 9.17) is 0 Å². The largest absolute Gasteiger partial charge is 0.289 e. The molecule has 9 heavy (non-hydrogen) atoms. The molecule has 0 atom stereocenters. The van der Waals surface area contributed by atoms with Crippen LogP contribution in [0.1, 0.15) is 13.3 Å². The van der Waals surface area contributed by atoms with E-state index in [1.165, 1.54) is 0 Å². The number of rotatable bonds is 3. The lowest BCUT2D eigenvalue weighted by atomic mass is 10.3. The van der Waals surface area contributed by atoms with E-state index in [0.29, 0.717) is 0 Å². The summed E-state index contributed by atoms with van der Waals surface area (Å²) in [6.07, 6.45) is 6.82. The fourth-order valence-corrected chi connectivity index (χ4v) is 0.472. The molecule has 0 aliphatic carbocycles. The zero-order valence-electron chi connectivity index (χ0n) is 6.09. The molecular formula is C8H13N. The van der Waals surface area contributed by atoms with E-state index in [9.17, 15) is 0 Å². The molecule has 1 heteroatoms. The van der Waals surface area contributed by atoms with Crippen LogP contribution in [-0.2, 0) is 0 Å². The molecule has 0 aromatic heterocycles. The van der Waals surface area contributed by atoms with Gasteiger partial charge in [-0.25, -0.2) is 0 Å². The highest BCUT2D eigenvalue weighted by molar-refractivity contribution is 6.03. The summed E-state index contributed by atoms with van der Waals surface area (Å²) in [5, 5.41) is 0. The van der Waals surface area contributed by atoms with Gasteiger partial charge in [0.05, 0.1) is 5.71 Å². The molecule has 0 rings (SSSR count). The van der Waals surface area contributed by atoms with Crippen molar-refractivity contribution in [2.75, 3.05) is 7.05 Å². The van der Waals surface area contributed by atoms with Crippen molar-refractivity contribution in [3.63, 3.8) is 0 Å². The second-order valence-electron chi connectivity index (χ2n) is 1.66. The molecule has 0 aromatic carbocycles. The third kappa shape index (κ3) is 3.71. The average molecular weight is 123 g/mol. The minimum Gasteiger partial charge on any atom is -0.289 e. The monoisotopic (exact) mass is 123 g/mol. The zero-order valence-corrected chi connectivity index (χ0v) is 6.09. The second-order valence-corrected chi connectivity index (χ2v) is 1.66. The van der Waals surface area contributed by atoms with Gasteiger partial charge in [0.15, 0.2) is 0 Å². The van der Waals surface area contributed by atoms with Crippen LogP contribution in [0.15, 0.2) is 29.8 Å². The Morgan fingerprint density at radius 3 is 2.67 bits per heavy atom. The van der Waals surface area contributed by atoms with Gasteiger partial charge in [-0.05, 0) is 18.6 Å². The average Bonchev–Trinajstić information content (AvgIpc) is 1.91. The Balaban J connectivity index is 3.84. The Morgan fingerprint density at radius 2 is 2.33 bits per heavy atom. The van der Waals surface area contributed by atoms with Crippen LogP contribution in [0.3, 0.4) is 0 Å². The molecule has 0 spiro atoms. The van der Waals surface area contributed by atoms with Crippen molar-refractivity contribution in [3.8, 4) is 0 Å². The van der Waals surface area contributed by atoms with Crippen molar-refractivity contribution in [3.05, 3.63) is 24.8 Å². The summed E-state index contributed by atoms with van der Waals surface area (Å²) in [6.45, 7) is 5.69. The first kappa shape index (κ1) is 8.15. The van der Waals surface area contributed by atoms with Crippen molar-refractivity contribution in [2.24, 2.45) is 4.99 Å². The van der Waals surface area contributed by atoms with Crippen molar-refractivity contribution >= 4 is 5.71 Å². The maximum absolute atomic E-state index is 3.96. The quantitative estimate of drug-likeness (QED) is 0.510. The van der Waals surface area contributed by atoms with Crippen LogP contribution in [0, 0.1) is 0 Å². The van der Waals surface area contributed by atoms with Crippen LogP contribution in [0.2, 0.25) is 0 Å². The third-order valence-electron chi connectivity index (χ3n) is 0.992. The van der Waals surface area contributed by atoms with Gasteiger partial charge in [-0.3, -0.25) is 4.99 Å². The molecule has 0 amide bonds. The maximum Gasteiger partial charge on any atom is 0.0561 e. The molecule has 0 heterocycles. The van der Waals surface area contributed by atoms with Crippen LogP contribution in [0.25, 0.3) is 0 Å². The number of nitrogens with zero attached hydrogens (tertiary/aromatic N) is 1. The van der Waals surface area contributed by atoms with Gasteiger partial charge in [0.1, 0.15) is 0 Å². The van der Waals surface area contributed by atoms with Crippen LogP contribution >= 0.6 is 0 Å². The maximum atomic E-state index is 3.96. The first-order valence-electron chi connectivity index (χ1n) is 3.11. The van der Waals surface area contributed by atoms with Crippen molar-refractivity contribution in [1.29, 1.82) is 0 Å². The van der Waals surface area contributed by atoms with E-state index in [2.05, 4.69) is 24.6 Å². The minimum atomic E-state index is 0.942. The van der Waals surface area contributed by atoms with Gasteiger partial charge < -0.3 is 0 Å². The predicted octanol–water partition coefficient (Wildman–Crippen LogP) is 2.21. The van der Waals surface area contributed by atoms with Gasteiger partial charge in [-0.15, -0.1) is 0 Å². The minimum absolute atomic E-state index is 0.942. The Labute approximate surface area is 56.8 Å². The highest BCUT2D eigenvalue weighted by Gasteiger charge is 1.78. The lowest BCUT2D eigenvalue weighted by Crippen LogP contribution is -1.83. The van der Waals surface area contributed by atoms with Gasteiger partial charge in [-0.1, -0.05) is 19.6 Å². The van der Waals surface area contributed by atoms with Crippen LogP contribution in [-0.4, -0.2) is 12.8 Å². The first-order chi connectivity index (χ1) is 4.35. The number of aliphatic imine (C=N–C) groups is 1. The Morgan fingerprint density at radius 1 is 1.67 bits per heavy atom. The molecule has 0 aromatic rings. The highest BCUT2D eigenvalue weighted by Crippen LogP contribution is 1.84. The van der Waals surface area contributed by atoms with Gasteiger partial charge >= 0.3 is 0 Å². The van der Waals surface area contributed by atoms with E-state index >= 15 is 0 Å². The number of hydrogen-bond acceptors (Lipinski definition) is 1. The normalized spacial score (nSPS) is 12.4. The fraction of sp³-hybridized carbons (Fsp3) is 0.375. The Kier molecular flexibility index (Phi) is 4.79.